The van der Waals surface area contributed by atoms with Gasteiger partial charge in [-0.25, -0.2) is 9.07 Å². The lowest BCUT2D eigenvalue weighted by atomic mass is 10.2. The van der Waals surface area contributed by atoms with E-state index in [0.717, 1.165) is 0 Å². The molecule has 0 saturated carbocycles. The second-order valence-corrected chi connectivity index (χ2v) is 5.51. The van der Waals surface area contributed by atoms with Crippen molar-refractivity contribution < 1.29 is 13.9 Å². The molecule has 1 amide bonds. The van der Waals surface area contributed by atoms with Crippen molar-refractivity contribution in [2.24, 2.45) is 0 Å². The molecule has 6 nitrogen and oxygen atoms in total. The van der Waals surface area contributed by atoms with Gasteiger partial charge in [-0.05, 0) is 49.4 Å². The van der Waals surface area contributed by atoms with Crippen LogP contribution in [0.25, 0.3) is 5.69 Å². The summed E-state index contributed by atoms with van der Waals surface area (Å²) in [6, 6.07) is 14.5. The lowest BCUT2D eigenvalue weighted by molar-refractivity contribution is -0.122. The molecule has 1 unspecified atom stereocenters. The zero-order valence-corrected chi connectivity index (χ0v) is 13.9. The Morgan fingerprint density at radius 3 is 2.85 bits per heavy atom. The second-order valence-electron chi connectivity index (χ2n) is 5.51. The average Bonchev–Trinajstić information content (AvgIpc) is 3.16. The van der Waals surface area contributed by atoms with Gasteiger partial charge in [-0.2, -0.15) is 10.4 Å². The summed E-state index contributed by atoms with van der Waals surface area (Å²) < 4.78 is 21.2. The fourth-order valence-electron chi connectivity index (χ4n) is 2.32. The zero-order valence-electron chi connectivity index (χ0n) is 13.9. The van der Waals surface area contributed by atoms with Crippen molar-refractivity contribution in [3.05, 3.63) is 72.3 Å². The molecule has 0 fully saturated rings. The Morgan fingerprint density at radius 2 is 2.15 bits per heavy atom. The molecular formula is C19H15FN4O2. The van der Waals surface area contributed by atoms with Crippen molar-refractivity contribution in [1.29, 1.82) is 5.26 Å². The highest BCUT2D eigenvalue weighted by Gasteiger charge is 2.16. The third-order valence-electron chi connectivity index (χ3n) is 3.61. The average molecular weight is 350 g/mol. The quantitative estimate of drug-likeness (QED) is 0.766. The van der Waals surface area contributed by atoms with E-state index < -0.39 is 17.8 Å². The van der Waals surface area contributed by atoms with Crippen molar-refractivity contribution in [1.82, 2.24) is 9.78 Å². The maximum atomic E-state index is 14.2. The van der Waals surface area contributed by atoms with E-state index in [1.54, 1.807) is 55.7 Å². The number of hydrogen-bond acceptors (Lipinski definition) is 4. The number of carbonyl (C=O) groups excluding carboxylic acids is 1. The molecule has 2 aromatic carbocycles. The minimum atomic E-state index is -0.821. The molecule has 0 saturated heterocycles. The molecule has 26 heavy (non-hydrogen) atoms. The number of halogens is 1. The lowest BCUT2D eigenvalue weighted by Crippen LogP contribution is -2.30. The first kappa shape index (κ1) is 17.2. The zero-order chi connectivity index (χ0) is 18.5. The highest BCUT2D eigenvalue weighted by atomic mass is 19.1. The third kappa shape index (κ3) is 3.87. The number of anilines is 1. The molecule has 3 rings (SSSR count). The molecule has 0 spiro atoms. The maximum absolute atomic E-state index is 14.2. The van der Waals surface area contributed by atoms with Crippen molar-refractivity contribution in [3.8, 4) is 17.5 Å². The van der Waals surface area contributed by atoms with Crippen LogP contribution in [0.15, 0.2) is 60.9 Å². The summed E-state index contributed by atoms with van der Waals surface area (Å²) in [5, 5.41) is 15.5. The van der Waals surface area contributed by atoms with Gasteiger partial charge in [0.05, 0.1) is 11.6 Å². The normalized spacial score (nSPS) is 11.4. The van der Waals surface area contributed by atoms with Crippen molar-refractivity contribution in [3.63, 3.8) is 0 Å². The first-order valence-corrected chi connectivity index (χ1v) is 7.84. The van der Waals surface area contributed by atoms with Crippen LogP contribution in [0.2, 0.25) is 0 Å². The summed E-state index contributed by atoms with van der Waals surface area (Å²) in [6.07, 6.45) is 2.36. The summed E-state index contributed by atoms with van der Waals surface area (Å²) >= 11 is 0. The van der Waals surface area contributed by atoms with Gasteiger partial charge in [0.15, 0.2) is 11.9 Å². The maximum Gasteiger partial charge on any atom is 0.265 e. The van der Waals surface area contributed by atoms with E-state index in [4.69, 9.17) is 10.00 Å². The number of amides is 1. The lowest BCUT2D eigenvalue weighted by Gasteiger charge is -2.15. The van der Waals surface area contributed by atoms with E-state index in [1.807, 2.05) is 6.07 Å². The number of hydrogen-bond donors (Lipinski definition) is 1. The molecule has 0 aliphatic rings. The third-order valence-corrected chi connectivity index (χ3v) is 3.61. The van der Waals surface area contributed by atoms with Gasteiger partial charge < -0.3 is 10.1 Å². The summed E-state index contributed by atoms with van der Waals surface area (Å²) in [4.78, 5) is 12.3. The highest BCUT2D eigenvalue weighted by Crippen LogP contribution is 2.19. The molecule has 130 valence electrons. The summed E-state index contributed by atoms with van der Waals surface area (Å²) in [5.41, 5.74) is 1.03. The van der Waals surface area contributed by atoms with Gasteiger partial charge in [-0.3, -0.25) is 4.79 Å². The van der Waals surface area contributed by atoms with Gasteiger partial charge in [-0.1, -0.05) is 6.07 Å². The van der Waals surface area contributed by atoms with Crippen LogP contribution in [0.5, 0.6) is 5.75 Å². The van der Waals surface area contributed by atoms with Gasteiger partial charge in [0.25, 0.3) is 5.91 Å². The van der Waals surface area contributed by atoms with Crippen LogP contribution < -0.4 is 10.1 Å². The highest BCUT2D eigenvalue weighted by molar-refractivity contribution is 5.94. The first-order chi connectivity index (χ1) is 12.6. The molecule has 0 radical (unpaired) electrons. The number of nitriles is 1. The van der Waals surface area contributed by atoms with E-state index >= 15 is 0 Å². The Hall–Kier alpha value is -3.66. The molecule has 1 N–H and O–H groups in total. The predicted octanol–water partition coefficient (Wildman–Crippen LogP) is 3.29. The number of aromatic nitrogens is 2. The minimum Gasteiger partial charge on any atom is -0.481 e. The number of rotatable bonds is 5. The Morgan fingerprint density at radius 1 is 1.31 bits per heavy atom. The van der Waals surface area contributed by atoms with Gasteiger partial charge in [-0.15, -0.1) is 0 Å². The van der Waals surface area contributed by atoms with Gasteiger partial charge in [0.1, 0.15) is 11.4 Å². The van der Waals surface area contributed by atoms with Crippen LogP contribution in [0, 0.1) is 17.1 Å². The predicted molar refractivity (Wildman–Crippen MR) is 93.4 cm³/mol. The largest absolute Gasteiger partial charge is 0.481 e. The number of nitrogens with one attached hydrogen (secondary N) is 1. The summed E-state index contributed by atoms with van der Waals surface area (Å²) in [5.74, 6) is -0.535. The van der Waals surface area contributed by atoms with Crippen LogP contribution in [0.3, 0.4) is 0 Å². The number of carbonyl (C=O) groups is 1. The van der Waals surface area contributed by atoms with E-state index in [0.29, 0.717) is 17.0 Å². The fourth-order valence-corrected chi connectivity index (χ4v) is 2.32. The Kier molecular flexibility index (Phi) is 4.94. The fraction of sp³-hybridized carbons (Fsp3) is 0.105. The van der Waals surface area contributed by atoms with Gasteiger partial charge in [0.2, 0.25) is 0 Å². The molecule has 0 bridgehead atoms. The molecule has 0 aliphatic carbocycles. The van der Waals surface area contributed by atoms with E-state index in [9.17, 15) is 9.18 Å². The molecule has 7 heteroatoms. The van der Waals surface area contributed by atoms with Crippen molar-refractivity contribution in [2.75, 3.05) is 5.32 Å². The molecule has 0 aliphatic heterocycles. The van der Waals surface area contributed by atoms with Crippen LogP contribution in [0.1, 0.15) is 12.5 Å². The summed E-state index contributed by atoms with van der Waals surface area (Å²) in [6.45, 7) is 1.57. The Labute approximate surface area is 149 Å². The smallest absolute Gasteiger partial charge is 0.265 e. The number of nitrogens with zero attached hydrogens (tertiary/aromatic N) is 3. The standard InChI is InChI=1S/C19H15FN4O2/c1-13(26-16-5-2-4-14(10-16)12-21)19(25)23-15-6-7-18(17(20)11-15)24-9-3-8-22-24/h2-11,13H,1H3,(H,23,25). The topological polar surface area (TPSA) is 79.9 Å². The van der Waals surface area contributed by atoms with Gasteiger partial charge in [0, 0.05) is 18.1 Å². The van der Waals surface area contributed by atoms with Crippen LogP contribution in [-0.2, 0) is 4.79 Å². The van der Waals surface area contributed by atoms with Crippen LogP contribution in [0.4, 0.5) is 10.1 Å². The minimum absolute atomic E-state index is 0.283. The number of benzene rings is 2. The van der Waals surface area contributed by atoms with Crippen molar-refractivity contribution >= 4 is 11.6 Å². The molecular weight excluding hydrogens is 335 g/mol. The van der Waals surface area contributed by atoms with Crippen LogP contribution in [-0.4, -0.2) is 21.8 Å². The molecule has 3 aromatic rings. The second kappa shape index (κ2) is 7.49. The molecule has 1 atom stereocenters. The van der Waals surface area contributed by atoms with Crippen LogP contribution >= 0.6 is 0 Å². The SMILES string of the molecule is CC(Oc1cccc(C#N)c1)C(=O)Nc1ccc(-n2cccn2)c(F)c1. The van der Waals surface area contributed by atoms with E-state index in [2.05, 4.69) is 10.4 Å². The first-order valence-electron chi connectivity index (χ1n) is 7.84. The Bertz CT molecular complexity index is 964. The number of ether oxygens (including phenoxy) is 1. The molecule has 1 heterocycles. The van der Waals surface area contributed by atoms with Crippen molar-refractivity contribution in [2.45, 2.75) is 13.0 Å². The molecule has 1 aromatic heterocycles. The Balaban J connectivity index is 1.67. The van der Waals surface area contributed by atoms with Gasteiger partial charge >= 0.3 is 0 Å². The van der Waals surface area contributed by atoms with E-state index in [-0.39, 0.29) is 5.69 Å². The van der Waals surface area contributed by atoms with E-state index in [1.165, 1.54) is 16.8 Å². The summed E-state index contributed by atoms with van der Waals surface area (Å²) in [7, 11) is 0. The monoisotopic (exact) mass is 350 g/mol.